The van der Waals surface area contributed by atoms with Gasteiger partial charge < -0.3 is 19.3 Å². The summed E-state index contributed by atoms with van der Waals surface area (Å²) >= 11 is 6.12. The van der Waals surface area contributed by atoms with E-state index in [1.165, 1.54) is 0 Å². The van der Waals surface area contributed by atoms with Crippen molar-refractivity contribution in [3.05, 3.63) is 106 Å². The molecule has 0 aliphatic carbocycles. The summed E-state index contributed by atoms with van der Waals surface area (Å²) in [5.41, 5.74) is 3.99. The summed E-state index contributed by atoms with van der Waals surface area (Å²) < 4.78 is 19.3. The van der Waals surface area contributed by atoms with Gasteiger partial charge in [-0.15, -0.1) is 5.10 Å². The maximum absolute atomic E-state index is 10.3. The fourth-order valence-electron chi connectivity index (χ4n) is 3.88. The molecule has 0 fully saturated rings. The monoisotopic (exact) mass is 507 g/mol. The molecular weight excluding hydrogens is 478 g/mol. The van der Waals surface area contributed by atoms with E-state index in [0.717, 1.165) is 23.1 Å². The molecule has 4 rings (SSSR count). The second-order valence-corrected chi connectivity index (χ2v) is 8.74. The number of ether oxygens (including phenoxy) is 3. The summed E-state index contributed by atoms with van der Waals surface area (Å²) in [4.78, 5) is 0. The molecule has 7 nitrogen and oxygen atoms in total. The van der Waals surface area contributed by atoms with Gasteiger partial charge >= 0.3 is 0 Å². The van der Waals surface area contributed by atoms with Gasteiger partial charge in [0.15, 0.2) is 11.5 Å². The van der Waals surface area contributed by atoms with Crippen LogP contribution in [0.4, 0.5) is 0 Å². The summed E-state index contributed by atoms with van der Waals surface area (Å²) in [7, 11) is 1.62. The van der Waals surface area contributed by atoms with Gasteiger partial charge in [-0.05, 0) is 47.4 Å². The van der Waals surface area contributed by atoms with Crippen LogP contribution in [0.5, 0.6) is 11.5 Å². The summed E-state index contributed by atoms with van der Waals surface area (Å²) in [6.45, 7) is 3.19. The Balaban J connectivity index is 1.63. The summed E-state index contributed by atoms with van der Waals surface area (Å²) in [5.74, 6) is 1.35. The van der Waals surface area contributed by atoms with Crippen molar-refractivity contribution in [1.82, 2.24) is 15.0 Å². The first kappa shape index (κ1) is 25.7. The van der Waals surface area contributed by atoms with Crippen LogP contribution >= 0.6 is 11.6 Å². The van der Waals surface area contributed by atoms with Gasteiger partial charge in [0.1, 0.15) is 11.8 Å². The van der Waals surface area contributed by atoms with E-state index in [1.54, 1.807) is 11.8 Å². The normalized spacial score (nSPS) is 11.9. The Bertz CT molecular complexity index is 1250. The first-order valence-electron chi connectivity index (χ1n) is 11.9. The SMILES string of the molecule is CCCOc1cc(Cn2nnc(C(OCc3ccccc3)c3ccc(Cl)cc3)c2CO)ccc1OC. The number of methoxy groups -OCH3 is 1. The predicted molar refractivity (Wildman–Crippen MR) is 138 cm³/mol. The lowest BCUT2D eigenvalue weighted by Gasteiger charge is -2.18. The highest BCUT2D eigenvalue weighted by Gasteiger charge is 2.24. The predicted octanol–water partition coefficient (Wildman–Crippen LogP) is 5.58. The molecule has 0 saturated carbocycles. The molecule has 1 atom stereocenters. The van der Waals surface area contributed by atoms with Crippen molar-refractivity contribution in [2.24, 2.45) is 0 Å². The second-order valence-electron chi connectivity index (χ2n) is 8.30. The fourth-order valence-corrected chi connectivity index (χ4v) is 4.01. The molecule has 0 bridgehead atoms. The molecule has 1 unspecified atom stereocenters. The topological polar surface area (TPSA) is 78.6 Å². The van der Waals surface area contributed by atoms with Crippen molar-refractivity contribution in [1.29, 1.82) is 0 Å². The summed E-state index contributed by atoms with van der Waals surface area (Å²) in [6, 6.07) is 23.1. The van der Waals surface area contributed by atoms with Crippen LogP contribution in [-0.2, 0) is 24.5 Å². The van der Waals surface area contributed by atoms with Gasteiger partial charge in [0.25, 0.3) is 0 Å². The van der Waals surface area contributed by atoms with Crippen LogP contribution in [0.15, 0.2) is 72.8 Å². The Labute approximate surface area is 216 Å². The molecule has 1 aromatic heterocycles. The number of aliphatic hydroxyl groups is 1. The largest absolute Gasteiger partial charge is 0.493 e. The van der Waals surface area contributed by atoms with Crippen LogP contribution in [0.3, 0.4) is 0 Å². The zero-order chi connectivity index (χ0) is 25.3. The Morgan fingerprint density at radius 2 is 1.75 bits per heavy atom. The van der Waals surface area contributed by atoms with Crippen LogP contribution in [0.1, 0.15) is 47.5 Å². The lowest BCUT2D eigenvalue weighted by molar-refractivity contribution is 0.0624. The van der Waals surface area contributed by atoms with E-state index in [1.807, 2.05) is 72.8 Å². The van der Waals surface area contributed by atoms with Crippen LogP contribution in [0.25, 0.3) is 0 Å². The minimum Gasteiger partial charge on any atom is -0.493 e. The quantitative estimate of drug-likeness (QED) is 0.270. The maximum Gasteiger partial charge on any atom is 0.161 e. The van der Waals surface area contributed by atoms with Gasteiger partial charge in [-0.2, -0.15) is 0 Å². The molecule has 0 saturated heterocycles. The van der Waals surface area contributed by atoms with E-state index in [-0.39, 0.29) is 6.61 Å². The first-order chi connectivity index (χ1) is 17.6. The van der Waals surface area contributed by atoms with Crippen LogP contribution in [0.2, 0.25) is 5.02 Å². The third-order valence-electron chi connectivity index (χ3n) is 5.72. The van der Waals surface area contributed by atoms with Crippen molar-refractivity contribution >= 4 is 11.6 Å². The summed E-state index contributed by atoms with van der Waals surface area (Å²) in [5, 5.41) is 19.8. The smallest absolute Gasteiger partial charge is 0.161 e. The lowest BCUT2D eigenvalue weighted by atomic mass is 10.0. The molecule has 0 radical (unpaired) electrons. The van der Waals surface area contributed by atoms with E-state index in [4.69, 9.17) is 25.8 Å². The number of benzene rings is 3. The Hall–Kier alpha value is -3.39. The highest BCUT2D eigenvalue weighted by atomic mass is 35.5. The van der Waals surface area contributed by atoms with Crippen LogP contribution in [-0.4, -0.2) is 33.8 Å². The van der Waals surface area contributed by atoms with E-state index in [2.05, 4.69) is 17.2 Å². The molecule has 8 heteroatoms. The van der Waals surface area contributed by atoms with Gasteiger partial charge in [-0.1, -0.05) is 72.3 Å². The second kappa shape index (κ2) is 12.5. The average Bonchev–Trinajstić information content (AvgIpc) is 3.31. The van der Waals surface area contributed by atoms with E-state index < -0.39 is 6.10 Å². The van der Waals surface area contributed by atoms with E-state index in [0.29, 0.717) is 47.7 Å². The van der Waals surface area contributed by atoms with Gasteiger partial charge in [0, 0.05) is 5.02 Å². The van der Waals surface area contributed by atoms with Gasteiger partial charge in [0.2, 0.25) is 0 Å². The van der Waals surface area contributed by atoms with Crippen molar-refractivity contribution in [3.63, 3.8) is 0 Å². The van der Waals surface area contributed by atoms with Crippen LogP contribution in [0, 0.1) is 0 Å². The zero-order valence-electron chi connectivity index (χ0n) is 20.4. The number of aromatic nitrogens is 3. The van der Waals surface area contributed by atoms with Gasteiger partial charge in [-0.25, -0.2) is 4.68 Å². The fraction of sp³-hybridized carbons (Fsp3) is 0.286. The molecule has 1 N–H and O–H groups in total. The van der Waals surface area contributed by atoms with E-state index >= 15 is 0 Å². The number of rotatable bonds is 12. The molecule has 4 aromatic rings. The minimum absolute atomic E-state index is 0.240. The van der Waals surface area contributed by atoms with Crippen molar-refractivity contribution in [2.45, 2.75) is 39.2 Å². The molecule has 0 spiro atoms. The number of hydrogen-bond donors (Lipinski definition) is 1. The lowest BCUT2D eigenvalue weighted by Crippen LogP contribution is -2.12. The molecule has 0 aliphatic rings. The third-order valence-corrected chi connectivity index (χ3v) is 5.97. The standard InChI is InChI=1S/C28H30ClN3O4/c1-3-15-35-26-16-21(9-14-25(26)34-2)17-32-24(18-33)27(30-31-32)28(22-10-12-23(29)13-11-22)36-19-20-7-5-4-6-8-20/h4-14,16,28,33H,3,15,17-19H2,1-2H3. The highest BCUT2D eigenvalue weighted by Crippen LogP contribution is 2.31. The zero-order valence-corrected chi connectivity index (χ0v) is 21.2. The maximum atomic E-state index is 10.3. The Morgan fingerprint density at radius 3 is 2.44 bits per heavy atom. The minimum atomic E-state index is -0.530. The van der Waals surface area contributed by atoms with Crippen LogP contribution < -0.4 is 9.47 Å². The first-order valence-corrected chi connectivity index (χ1v) is 12.2. The molecule has 3 aromatic carbocycles. The Morgan fingerprint density at radius 1 is 0.972 bits per heavy atom. The number of hydrogen-bond acceptors (Lipinski definition) is 6. The molecule has 188 valence electrons. The molecule has 0 amide bonds. The number of halogens is 1. The molecular formula is C28H30ClN3O4. The van der Waals surface area contributed by atoms with E-state index in [9.17, 15) is 5.11 Å². The summed E-state index contributed by atoms with van der Waals surface area (Å²) in [6.07, 6.45) is 0.362. The highest BCUT2D eigenvalue weighted by molar-refractivity contribution is 6.30. The average molecular weight is 508 g/mol. The number of aliphatic hydroxyl groups excluding tert-OH is 1. The Kier molecular flexibility index (Phi) is 8.95. The van der Waals surface area contributed by atoms with Crippen molar-refractivity contribution in [2.75, 3.05) is 13.7 Å². The molecule has 36 heavy (non-hydrogen) atoms. The third kappa shape index (κ3) is 6.23. The van der Waals surface area contributed by atoms with Gasteiger partial charge in [-0.3, -0.25) is 0 Å². The molecule has 0 aliphatic heterocycles. The molecule has 1 heterocycles. The van der Waals surface area contributed by atoms with Gasteiger partial charge in [0.05, 0.1) is 39.2 Å². The number of nitrogens with zero attached hydrogens (tertiary/aromatic N) is 3. The van der Waals surface area contributed by atoms with Crippen molar-refractivity contribution in [3.8, 4) is 11.5 Å². The van der Waals surface area contributed by atoms with Crippen molar-refractivity contribution < 1.29 is 19.3 Å².